The van der Waals surface area contributed by atoms with Gasteiger partial charge >= 0.3 is 6.61 Å². The Hall–Kier alpha value is -2.06. The van der Waals surface area contributed by atoms with Crippen LogP contribution in [0.1, 0.15) is 15.7 Å². The summed E-state index contributed by atoms with van der Waals surface area (Å²) in [5.41, 5.74) is 2.56. The largest absolute Gasteiger partial charge is 0.493 e. The van der Waals surface area contributed by atoms with Gasteiger partial charge < -0.3 is 9.47 Å². The highest BCUT2D eigenvalue weighted by Crippen LogP contribution is 2.34. The fraction of sp³-hybridized carbons (Fsp3) is 0.250. The summed E-state index contributed by atoms with van der Waals surface area (Å²) in [5.74, 6) is 0.253. The number of methoxy groups -OCH3 is 1. The van der Waals surface area contributed by atoms with Crippen LogP contribution in [-0.4, -0.2) is 23.7 Å². The summed E-state index contributed by atoms with van der Waals surface area (Å²) < 4.78 is 34.3. The smallest absolute Gasteiger partial charge is 0.387 e. The summed E-state index contributed by atoms with van der Waals surface area (Å²) in [7, 11) is 1.41. The van der Waals surface area contributed by atoms with Crippen molar-refractivity contribution >= 4 is 22.7 Å². The summed E-state index contributed by atoms with van der Waals surface area (Å²) in [6.07, 6.45) is 0.687. The van der Waals surface area contributed by atoms with Gasteiger partial charge in [0, 0.05) is 22.0 Å². The molecule has 0 bridgehead atoms. The summed E-state index contributed by atoms with van der Waals surface area (Å²) in [4.78, 5) is 9.02. The van der Waals surface area contributed by atoms with Gasteiger partial charge in [-0.25, -0.2) is 9.97 Å². The van der Waals surface area contributed by atoms with E-state index in [-0.39, 0.29) is 11.5 Å². The number of ether oxygens (including phenoxy) is 2. The Labute approximate surface area is 145 Å². The Morgan fingerprint density at radius 2 is 1.83 bits per heavy atom. The predicted octanol–water partition coefficient (Wildman–Crippen LogP) is 4.78. The fourth-order valence-electron chi connectivity index (χ4n) is 2.16. The first-order valence-corrected chi connectivity index (χ1v) is 8.79. The van der Waals surface area contributed by atoms with Gasteiger partial charge in [0.25, 0.3) is 0 Å². The summed E-state index contributed by atoms with van der Waals surface area (Å²) in [6.45, 7) is -0.930. The van der Waals surface area contributed by atoms with E-state index in [1.807, 2.05) is 17.7 Å². The Morgan fingerprint density at radius 3 is 2.50 bits per heavy atom. The number of hydrogen-bond donors (Lipinski definition) is 0. The van der Waals surface area contributed by atoms with Crippen molar-refractivity contribution in [1.82, 2.24) is 9.97 Å². The van der Waals surface area contributed by atoms with E-state index in [4.69, 9.17) is 4.74 Å². The highest BCUT2D eigenvalue weighted by Gasteiger charge is 2.13. The number of aromatic nitrogens is 2. The molecule has 0 saturated heterocycles. The molecule has 0 fully saturated rings. The van der Waals surface area contributed by atoms with Crippen molar-refractivity contribution in [2.24, 2.45) is 0 Å². The highest BCUT2D eigenvalue weighted by atomic mass is 32.1. The van der Waals surface area contributed by atoms with Crippen molar-refractivity contribution in [3.8, 4) is 22.8 Å². The molecule has 0 aliphatic rings. The van der Waals surface area contributed by atoms with Crippen LogP contribution in [0.3, 0.4) is 0 Å². The van der Waals surface area contributed by atoms with Gasteiger partial charge in [0.15, 0.2) is 11.5 Å². The molecule has 0 N–H and O–H groups in total. The fourth-order valence-corrected chi connectivity index (χ4v) is 3.83. The molecule has 2 aromatic heterocycles. The lowest BCUT2D eigenvalue weighted by Gasteiger charge is -2.10. The van der Waals surface area contributed by atoms with E-state index in [0.717, 1.165) is 27.0 Å². The number of halogens is 2. The molecule has 3 rings (SSSR count). The minimum atomic E-state index is -2.89. The van der Waals surface area contributed by atoms with Crippen LogP contribution in [0.4, 0.5) is 8.78 Å². The third kappa shape index (κ3) is 3.88. The molecule has 0 amide bonds. The second kappa shape index (κ2) is 7.23. The summed E-state index contributed by atoms with van der Waals surface area (Å²) in [5, 5.41) is 5.91. The first-order valence-electron chi connectivity index (χ1n) is 7.04. The number of hydrogen-bond acceptors (Lipinski definition) is 6. The topological polar surface area (TPSA) is 44.2 Å². The highest BCUT2D eigenvalue weighted by molar-refractivity contribution is 7.11. The zero-order valence-corrected chi connectivity index (χ0v) is 14.6. The summed E-state index contributed by atoms with van der Waals surface area (Å²) >= 11 is 3.15. The second-order valence-corrected chi connectivity index (χ2v) is 6.82. The normalized spacial score (nSPS) is 11.0. The van der Waals surface area contributed by atoms with Crippen LogP contribution in [0.5, 0.6) is 11.5 Å². The van der Waals surface area contributed by atoms with Crippen molar-refractivity contribution in [3.05, 3.63) is 44.7 Å². The lowest BCUT2D eigenvalue weighted by molar-refractivity contribution is -0.0512. The Balaban J connectivity index is 1.81. The van der Waals surface area contributed by atoms with E-state index in [1.54, 1.807) is 34.8 Å². The number of aryl methyl sites for hydroxylation is 1. The molecule has 0 saturated carbocycles. The lowest BCUT2D eigenvalue weighted by Crippen LogP contribution is -2.03. The third-order valence-electron chi connectivity index (χ3n) is 3.20. The predicted molar refractivity (Wildman–Crippen MR) is 90.4 cm³/mol. The van der Waals surface area contributed by atoms with Crippen LogP contribution in [0.25, 0.3) is 11.3 Å². The van der Waals surface area contributed by atoms with Crippen LogP contribution in [-0.2, 0) is 6.42 Å². The van der Waals surface area contributed by atoms with Crippen LogP contribution >= 0.6 is 22.7 Å². The van der Waals surface area contributed by atoms with Gasteiger partial charge in [-0.2, -0.15) is 8.78 Å². The van der Waals surface area contributed by atoms with E-state index in [9.17, 15) is 8.78 Å². The number of nitrogens with zero attached hydrogens (tertiary/aromatic N) is 2. The number of thiazole rings is 2. The maximum Gasteiger partial charge on any atom is 0.387 e. The Bertz CT molecular complexity index is 833. The molecular formula is C16H14F2N2O2S2. The van der Waals surface area contributed by atoms with Crippen LogP contribution in [0.15, 0.2) is 29.0 Å². The van der Waals surface area contributed by atoms with Gasteiger partial charge in [0.05, 0.1) is 24.2 Å². The molecule has 0 aliphatic heterocycles. The molecule has 0 radical (unpaired) electrons. The molecule has 3 aromatic rings. The van der Waals surface area contributed by atoms with Gasteiger partial charge in [-0.05, 0) is 25.1 Å². The van der Waals surface area contributed by atoms with Crippen LogP contribution in [0.2, 0.25) is 0 Å². The van der Waals surface area contributed by atoms with Crippen molar-refractivity contribution in [3.63, 3.8) is 0 Å². The van der Waals surface area contributed by atoms with E-state index in [2.05, 4.69) is 14.7 Å². The molecule has 1 aromatic carbocycles. The monoisotopic (exact) mass is 368 g/mol. The summed E-state index contributed by atoms with van der Waals surface area (Å²) in [6, 6.07) is 4.79. The molecule has 24 heavy (non-hydrogen) atoms. The van der Waals surface area contributed by atoms with Gasteiger partial charge in [-0.3, -0.25) is 0 Å². The van der Waals surface area contributed by atoms with Gasteiger partial charge in [-0.15, -0.1) is 22.7 Å². The molecule has 4 nitrogen and oxygen atoms in total. The van der Waals surface area contributed by atoms with Crippen molar-refractivity contribution in [2.45, 2.75) is 20.0 Å². The lowest BCUT2D eigenvalue weighted by atomic mass is 10.1. The average Bonchev–Trinajstić information content (AvgIpc) is 3.17. The minimum absolute atomic E-state index is 0.00460. The number of benzene rings is 1. The molecule has 126 valence electrons. The van der Waals surface area contributed by atoms with Crippen molar-refractivity contribution < 1.29 is 18.3 Å². The molecule has 8 heteroatoms. The van der Waals surface area contributed by atoms with E-state index in [0.29, 0.717) is 6.42 Å². The first-order chi connectivity index (χ1) is 11.5. The number of rotatable bonds is 6. The molecule has 0 atom stereocenters. The van der Waals surface area contributed by atoms with E-state index < -0.39 is 6.61 Å². The Kier molecular flexibility index (Phi) is 5.06. The standard InChI is InChI=1S/C16H14F2N2O2S2/c1-9-7-23-14(19-9)6-15-20-11(8-24-15)10-3-4-12(22-16(17)18)13(5-10)21-2/h3-5,7-8,16H,6H2,1-2H3. The van der Waals surface area contributed by atoms with Gasteiger partial charge in [-0.1, -0.05) is 0 Å². The molecule has 0 unspecified atom stereocenters. The van der Waals surface area contributed by atoms with E-state index in [1.165, 1.54) is 13.2 Å². The van der Waals surface area contributed by atoms with Crippen molar-refractivity contribution in [2.75, 3.05) is 7.11 Å². The molecule has 2 heterocycles. The van der Waals surface area contributed by atoms with Crippen molar-refractivity contribution in [1.29, 1.82) is 0 Å². The van der Waals surface area contributed by atoms with Gasteiger partial charge in [0.1, 0.15) is 5.01 Å². The zero-order chi connectivity index (χ0) is 17.1. The molecular weight excluding hydrogens is 354 g/mol. The SMILES string of the molecule is COc1cc(-c2csc(Cc3nc(C)cs3)n2)ccc1OC(F)F. The van der Waals surface area contributed by atoms with Crippen LogP contribution < -0.4 is 9.47 Å². The molecule has 0 spiro atoms. The number of alkyl halides is 2. The average molecular weight is 368 g/mol. The van der Waals surface area contributed by atoms with Crippen LogP contribution in [0, 0.1) is 6.92 Å². The van der Waals surface area contributed by atoms with E-state index >= 15 is 0 Å². The molecule has 0 aliphatic carbocycles. The zero-order valence-electron chi connectivity index (χ0n) is 13.0. The minimum Gasteiger partial charge on any atom is -0.493 e. The quantitative estimate of drug-likeness (QED) is 0.628. The maximum absolute atomic E-state index is 12.4. The first kappa shape index (κ1) is 16.8. The third-order valence-corrected chi connectivity index (χ3v) is 5.01. The van der Waals surface area contributed by atoms with Gasteiger partial charge in [0.2, 0.25) is 0 Å². The maximum atomic E-state index is 12.4. The Morgan fingerprint density at radius 1 is 1.08 bits per heavy atom. The second-order valence-electron chi connectivity index (χ2n) is 4.93.